The Kier molecular flexibility index (Phi) is 6.14. The van der Waals surface area contributed by atoms with Gasteiger partial charge in [0.25, 0.3) is 0 Å². The highest BCUT2D eigenvalue weighted by atomic mass is 32.2. The number of thioether (sulfide) groups is 1. The summed E-state index contributed by atoms with van der Waals surface area (Å²) in [7, 11) is 0. The van der Waals surface area contributed by atoms with Gasteiger partial charge in [0, 0.05) is 22.9 Å². The molecule has 0 amide bonds. The SMILES string of the molecule is C(#Cc1ccccc1-c1ccccc1)SC#Cc1ccccc1-c1ccccc1. The topological polar surface area (TPSA) is 0 Å². The molecule has 0 nitrogen and oxygen atoms in total. The maximum Gasteiger partial charge on any atom is 0.0333 e. The van der Waals surface area contributed by atoms with Crippen molar-refractivity contribution in [2.75, 3.05) is 0 Å². The smallest absolute Gasteiger partial charge is 0.0333 e. The van der Waals surface area contributed by atoms with Gasteiger partial charge in [0.05, 0.1) is 0 Å². The van der Waals surface area contributed by atoms with Crippen molar-refractivity contribution in [1.82, 2.24) is 0 Å². The van der Waals surface area contributed by atoms with Gasteiger partial charge in [0.15, 0.2) is 0 Å². The lowest BCUT2D eigenvalue weighted by atomic mass is 10.0. The number of benzene rings is 4. The second-order valence-corrected chi connectivity index (χ2v) is 6.99. The van der Waals surface area contributed by atoms with Crippen LogP contribution >= 0.6 is 11.8 Å². The van der Waals surface area contributed by atoms with Crippen molar-refractivity contribution in [1.29, 1.82) is 0 Å². The minimum Gasteiger partial charge on any atom is -0.0622 e. The zero-order valence-electron chi connectivity index (χ0n) is 15.8. The third kappa shape index (κ3) is 4.80. The first-order valence-corrected chi connectivity index (χ1v) is 10.2. The number of hydrogen-bond acceptors (Lipinski definition) is 1. The molecule has 0 aliphatic heterocycles. The van der Waals surface area contributed by atoms with E-state index in [1.807, 2.05) is 72.8 Å². The van der Waals surface area contributed by atoms with Crippen molar-refractivity contribution in [2.45, 2.75) is 0 Å². The standard InChI is InChI=1S/C28H18S/c1-3-11-23(12-4-1)27-17-9-7-15-25(27)19-21-29-22-20-26-16-8-10-18-28(26)24-13-5-2-6-14-24/h1-18H. The predicted octanol–water partition coefficient (Wildman–Crippen LogP) is 7.07. The molecule has 4 aromatic rings. The van der Waals surface area contributed by atoms with Crippen LogP contribution in [0.2, 0.25) is 0 Å². The van der Waals surface area contributed by atoms with Crippen LogP contribution in [-0.2, 0) is 0 Å². The molecule has 0 bridgehead atoms. The van der Waals surface area contributed by atoms with Crippen molar-refractivity contribution in [3.63, 3.8) is 0 Å². The van der Waals surface area contributed by atoms with Crippen LogP contribution in [0, 0.1) is 22.3 Å². The molecule has 0 N–H and O–H groups in total. The molecule has 4 aromatic carbocycles. The van der Waals surface area contributed by atoms with E-state index < -0.39 is 0 Å². The lowest BCUT2D eigenvalue weighted by Crippen LogP contribution is -1.83. The molecule has 136 valence electrons. The largest absolute Gasteiger partial charge is 0.0622 e. The first-order chi connectivity index (χ1) is 14.4. The fraction of sp³-hybridized carbons (Fsp3) is 0. The summed E-state index contributed by atoms with van der Waals surface area (Å²) in [6.45, 7) is 0. The van der Waals surface area contributed by atoms with Gasteiger partial charge in [0.2, 0.25) is 0 Å². The highest BCUT2D eigenvalue weighted by Gasteiger charge is 2.02. The molecular weight excluding hydrogens is 368 g/mol. The second kappa shape index (κ2) is 9.52. The van der Waals surface area contributed by atoms with Crippen molar-refractivity contribution in [2.24, 2.45) is 0 Å². The van der Waals surface area contributed by atoms with E-state index in [9.17, 15) is 0 Å². The van der Waals surface area contributed by atoms with Gasteiger partial charge in [-0.05, 0) is 44.9 Å². The zero-order chi connectivity index (χ0) is 19.7. The summed E-state index contributed by atoms with van der Waals surface area (Å²) in [5.74, 6) is 6.51. The third-order valence-electron chi connectivity index (χ3n) is 4.50. The maximum atomic E-state index is 3.25. The highest BCUT2D eigenvalue weighted by Crippen LogP contribution is 2.24. The molecule has 4 rings (SSSR count). The van der Waals surface area contributed by atoms with E-state index in [1.165, 1.54) is 22.9 Å². The fourth-order valence-corrected chi connectivity index (χ4v) is 3.48. The second-order valence-electron chi connectivity index (χ2n) is 6.38. The van der Waals surface area contributed by atoms with Gasteiger partial charge < -0.3 is 0 Å². The van der Waals surface area contributed by atoms with E-state index in [1.54, 1.807) is 0 Å². The normalized spacial score (nSPS) is 9.66. The Bertz CT molecular complexity index is 1120. The van der Waals surface area contributed by atoms with Gasteiger partial charge in [-0.1, -0.05) is 109 Å². The van der Waals surface area contributed by atoms with Crippen molar-refractivity contribution in [3.8, 4) is 44.6 Å². The van der Waals surface area contributed by atoms with E-state index in [2.05, 4.69) is 58.7 Å². The molecule has 0 spiro atoms. The molecule has 0 unspecified atom stereocenters. The van der Waals surface area contributed by atoms with Crippen LogP contribution in [0.1, 0.15) is 11.1 Å². The van der Waals surface area contributed by atoms with Crippen LogP contribution < -0.4 is 0 Å². The Morgan fingerprint density at radius 3 is 1.24 bits per heavy atom. The van der Waals surface area contributed by atoms with E-state index >= 15 is 0 Å². The average Bonchev–Trinajstić information content (AvgIpc) is 2.80. The van der Waals surface area contributed by atoms with Crippen molar-refractivity contribution >= 4 is 11.8 Å². The van der Waals surface area contributed by atoms with Crippen LogP contribution in [0.4, 0.5) is 0 Å². The molecule has 0 heterocycles. The van der Waals surface area contributed by atoms with Gasteiger partial charge in [-0.25, -0.2) is 0 Å². The van der Waals surface area contributed by atoms with Crippen LogP contribution in [-0.4, -0.2) is 0 Å². The highest BCUT2D eigenvalue weighted by molar-refractivity contribution is 8.08. The third-order valence-corrected chi connectivity index (χ3v) is 4.91. The molecule has 0 aliphatic carbocycles. The summed E-state index contributed by atoms with van der Waals surface area (Å²) in [5, 5.41) is 6.27. The summed E-state index contributed by atoms with van der Waals surface area (Å²) >= 11 is 1.33. The molecule has 0 fully saturated rings. The van der Waals surface area contributed by atoms with Crippen LogP contribution in [0.3, 0.4) is 0 Å². The summed E-state index contributed by atoms with van der Waals surface area (Å²) in [6.07, 6.45) is 0. The van der Waals surface area contributed by atoms with Crippen LogP contribution in [0.25, 0.3) is 22.3 Å². The molecule has 0 saturated heterocycles. The van der Waals surface area contributed by atoms with Gasteiger partial charge >= 0.3 is 0 Å². The van der Waals surface area contributed by atoms with E-state index in [0.717, 1.165) is 22.3 Å². The van der Waals surface area contributed by atoms with Crippen molar-refractivity contribution in [3.05, 3.63) is 120 Å². The molecule has 0 radical (unpaired) electrons. The molecule has 0 aliphatic rings. The minimum absolute atomic E-state index is 1.01. The van der Waals surface area contributed by atoms with Gasteiger partial charge in [-0.3, -0.25) is 0 Å². The molecule has 0 saturated carbocycles. The summed E-state index contributed by atoms with van der Waals surface area (Å²) in [4.78, 5) is 0. The Labute approximate surface area is 176 Å². The average molecular weight is 387 g/mol. The maximum absolute atomic E-state index is 3.25. The van der Waals surface area contributed by atoms with Gasteiger partial charge in [-0.15, -0.1) is 0 Å². The monoisotopic (exact) mass is 386 g/mol. The number of rotatable bonds is 2. The molecule has 0 atom stereocenters. The Balaban J connectivity index is 1.54. The molecule has 0 aromatic heterocycles. The predicted molar refractivity (Wildman–Crippen MR) is 125 cm³/mol. The lowest BCUT2D eigenvalue weighted by molar-refractivity contribution is 1.58. The molecule has 1 heteroatoms. The van der Waals surface area contributed by atoms with E-state index in [4.69, 9.17) is 0 Å². The first kappa shape index (κ1) is 18.7. The van der Waals surface area contributed by atoms with Crippen molar-refractivity contribution < 1.29 is 0 Å². The van der Waals surface area contributed by atoms with Gasteiger partial charge in [0.1, 0.15) is 0 Å². The van der Waals surface area contributed by atoms with Crippen LogP contribution in [0.5, 0.6) is 0 Å². The quantitative estimate of drug-likeness (QED) is 0.332. The zero-order valence-corrected chi connectivity index (χ0v) is 16.6. The summed E-state index contributed by atoms with van der Waals surface area (Å²) < 4.78 is 0. The minimum atomic E-state index is 1.01. The summed E-state index contributed by atoms with van der Waals surface area (Å²) in [5.41, 5.74) is 6.65. The van der Waals surface area contributed by atoms with E-state index in [0.29, 0.717) is 0 Å². The lowest BCUT2D eigenvalue weighted by Gasteiger charge is -2.04. The molecular formula is C28H18S. The Morgan fingerprint density at radius 1 is 0.414 bits per heavy atom. The number of hydrogen-bond donors (Lipinski definition) is 0. The van der Waals surface area contributed by atoms with Gasteiger partial charge in [-0.2, -0.15) is 0 Å². The first-order valence-electron chi connectivity index (χ1n) is 9.38. The molecule has 29 heavy (non-hydrogen) atoms. The Hall–Kier alpha value is -3.65. The van der Waals surface area contributed by atoms with E-state index in [-0.39, 0.29) is 0 Å². The van der Waals surface area contributed by atoms with Crippen LogP contribution in [0.15, 0.2) is 109 Å². The Morgan fingerprint density at radius 2 is 0.793 bits per heavy atom. The summed E-state index contributed by atoms with van der Waals surface area (Å²) in [6, 6.07) is 37.1. The fourth-order valence-electron chi connectivity index (χ4n) is 3.11.